The number of ether oxygens (including phenoxy) is 1. The number of carboxylic acid groups (broad SMARTS) is 1. The predicted octanol–water partition coefficient (Wildman–Crippen LogP) is 3.78. The second kappa shape index (κ2) is 6.83. The Bertz CT molecular complexity index is 802. The highest BCUT2D eigenvalue weighted by atomic mass is 16.5. The number of benzene rings is 2. The highest BCUT2D eigenvalue weighted by Crippen LogP contribution is 2.44. The Balaban J connectivity index is 1.41. The maximum absolute atomic E-state index is 12.2. The van der Waals surface area contributed by atoms with Crippen molar-refractivity contribution in [3.63, 3.8) is 0 Å². The minimum Gasteiger partial charge on any atom is -0.481 e. The van der Waals surface area contributed by atoms with Crippen LogP contribution in [0.15, 0.2) is 48.5 Å². The van der Waals surface area contributed by atoms with Gasteiger partial charge >= 0.3 is 12.1 Å². The lowest BCUT2D eigenvalue weighted by Gasteiger charge is -2.16. The van der Waals surface area contributed by atoms with E-state index in [9.17, 15) is 9.59 Å². The van der Waals surface area contributed by atoms with Gasteiger partial charge in [-0.3, -0.25) is 4.79 Å². The Morgan fingerprint density at radius 2 is 1.62 bits per heavy atom. The van der Waals surface area contributed by atoms with Gasteiger partial charge in [-0.05, 0) is 41.5 Å². The van der Waals surface area contributed by atoms with Crippen LogP contribution in [0.2, 0.25) is 0 Å². The van der Waals surface area contributed by atoms with Crippen molar-refractivity contribution in [2.75, 3.05) is 6.61 Å². The molecule has 134 valence electrons. The third kappa shape index (κ3) is 3.05. The largest absolute Gasteiger partial charge is 0.481 e. The molecule has 1 saturated carbocycles. The van der Waals surface area contributed by atoms with Crippen LogP contribution in [0.25, 0.3) is 11.1 Å². The van der Waals surface area contributed by atoms with Gasteiger partial charge < -0.3 is 15.2 Å². The van der Waals surface area contributed by atoms with Gasteiger partial charge in [0.15, 0.2) is 0 Å². The Labute approximate surface area is 152 Å². The Morgan fingerprint density at radius 1 is 1.00 bits per heavy atom. The van der Waals surface area contributed by atoms with E-state index in [1.165, 1.54) is 22.3 Å². The van der Waals surface area contributed by atoms with Gasteiger partial charge in [0.1, 0.15) is 6.61 Å². The summed E-state index contributed by atoms with van der Waals surface area (Å²) in [6.45, 7) is 0.273. The van der Waals surface area contributed by atoms with Crippen LogP contribution in [0.4, 0.5) is 4.79 Å². The number of carbonyl (C=O) groups excluding carboxylic acids is 1. The van der Waals surface area contributed by atoms with Gasteiger partial charge in [0, 0.05) is 12.0 Å². The first kappa shape index (κ1) is 16.6. The SMILES string of the molecule is O=C(NC1CCC(C(=O)O)C1)OCC1c2ccccc2-c2ccccc21. The van der Waals surface area contributed by atoms with E-state index in [4.69, 9.17) is 9.84 Å². The molecule has 1 amide bonds. The summed E-state index contributed by atoms with van der Waals surface area (Å²) in [5, 5.41) is 11.9. The summed E-state index contributed by atoms with van der Waals surface area (Å²) in [7, 11) is 0. The van der Waals surface area contributed by atoms with Gasteiger partial charge in [-0.2, -0.15) is 0 Å². The van der Waals surface area contributed by atoms with Crippen LogP contribution in [-0.4, -0.2) is 29.8 Å². The van der Waals surface area contributed by atoms with Crippen molar-refractivity contribution in [1.29, 1.82) is 0 Å². The standard InChI is InChI=1S/C21H21NO4/c23-20(24)13-9-10-14(11-13)22-21(25)26-12-19-17-7-3-1-5-15(17)16-6-2-4-8-18(16)19/h1-8,13-14,19H,9-12H2,(H,22,25)(H,23,24). The summed E-state index contributed by atoms with van der Waals surface area (Å²) in [6, 6.07) is 16.3. The summed E-state index contributed by atoms with van der Waals surface area (Å²) in [5.41, 5.74) is 4.73. The molecule has 2 atom stereocenters. The van der Waals surface area contributed by atoms with E-state index in [-0.39, 0.29) is 24.5 Å². The fourth-order valence-electron chi connectivity index (χ4n) is 4.14. The lowest BCUT2D eigenvalue weighted by molar-refractivity contribution is -0.141. The highest BCUT2D eigenvalue weighted by Gasteiger charge is 2.32. The molecule has 2 aromatic carbocycles. The van der Waals surface area contributed by atoms with Crippen molar-refractivity contribution in [2.45, 2.75) is 31.2 Å². The normalized spacial score (nSPS) is 21.1. The number of rotatable bonds is 4. The summed E-state index contributed by atoms with van der Waals surface area (Å²) in [4.78, 5) is 23.2. The molecule has 2 aromatic rings. The molecule has 26 heavy (non-hydrogen) atoms. The van der Waals surface area contributed by atoms with Gasteiger partial charge in [-0.15, -0.1) is 0 Å². The zero-order valence-electron chi connectivity index (χ0n) is 14.4. The minimum atomic E-state index is -0.790. The van der Waals surface area contributed by atoms with E-state index in [1.54, 1.807) is 0 Å². The van der Waals surface area contributed by atoms with E-state index >= 15 is 0 Å². The van der Waals surface area contributed by atoms with Crippen LogP contribution >= 0.6 is 0 Å². The third-order valence-electron chi connectivity index (χ3n) is 5.45. The predicted molar refractivity (Wildman–Crippen MR) is 97.0 cm³/mol. The van der Waals surface area contributed by atoms with E-state index in [0.717, 1.165) is 0 Å². The Kier molecular flexibility index (Phi) is 4.37. The molecule has 0 radical (unpaired) electrons. The third-order valence-corrected chi connectivity index (χ3v) is 5.45. The van der Waals surface area contributed by atoms with E-state index in [1.807, 2.05) is 24.3 Å². The quantitative estimate of drug-likeness (QED) is 0.879. The van der Waals surface area contributed by atoms with Crippen LogP contribution < -0.4 is 5.32 Å². The zero-order chi connectivity index (χ0) is 18.1. The monoisotopic (exact) mass is 351 g/mol. The molecule has 0 spiro atoms. The zero-order valence-corrected chi connectivity index (χ0v) is 14.4. The Morgan fingerprint density at radius 3 is 2.19 bits per heavy atom. The van der Waals surface area contributed by atoms with E-state index in [0.29, 0.717) is 19.3 Å². The molecule has 2 aliphatic rings. The summed E-state index contributed by atoms with van der Waals surface area (Å²) >= 11 is 0. The average Bonchev–Trinajstić information content (AvgIpc) is 3.23. The lowest BCUT2D eigenvalue weighted by atomic mass is 9.98. The van der Waals surface area contributed by atoms with Crippen molar-refractivity contribution < 1.29 is 19.4 Å². The van der Waals surface area contributed by atoms with Crippen LogP contribution in [-0.2, 0) is 9.53 Å². The van der Waals surface area contributed by atoms with Gasteiger partial charge in [-0.25, -0.2) is 4.79 Å². The number of carbonyl (C=O) groups is 2. The van der Waals surface area contributed by atoms with Gasteiger partial charge in [0.2, 0.25) is 0 Å². The minimum absolute atomic E-state index is 0.0310. The number of hydrogen-bond acceptors (Lipinski definition) is 3. The maximum atomic E-state index is 12.2. The van der Waals surface area contributed by atoms with Crippen molar-refractivity contribution in [1.82, 2.24) is 5.32 Å². The summed E-state index contributed by atoms with van der Waals surface area (Å²) < 4.78 is 5.50. The number of hydrogen-bond donors (Lipinski definition) is 2. The second-order valence-electron chi connectivity index (χ2n) is 7.02. The molecule has 5 nitrogen and oxygen atoms in total. The molecule has 2 N–H and O–H groups in total. The fourth-order valence-corrected chi connectivity index (χ4v) is 4.14. The molecule has 0 aromatic heterocycles. The van der Waals surface area contributed by atoms with Crippen LogP contribution in [0.3, 0.4) is 0 Å². The molecular weight excluding hydrogens is 330 g/mol. The topological polar surface area (TPSA) is 75.6 Å². The van der Waals surface area contributed by atoms with Gasteiger partial charge in [-0.1, -0.05) is 48.5 Å². The molecule has 0 heterocycles. The summed E-state index contributed by atoms with van der Waals surface area (Å²) in [5.74, 6) is -1.13. The van der Waals surface area contributed by atoms with Gasteiger partial charge in [0.25, 0.3) is 0 Å². The van der Waals surface area contributed by atoms with Crippen molar-refractivity contribution in [3.8, 4) is 11.1 Å². The van der Waals surface area contributed by atoms with Crippen molar-refractivity contribution in [2.24, 2.45) is 5.92 Å². The number of fused-ring (bicyclic) bond motifs is 3. The lowest BCUT2D eigenvalue weighted by Crippen LogP contribution is -2.34. The summed E-state index contributed by atoms with van der Waals surface area (Å²) in [6.07, 6.45) is 1.28. The van der Waals surface area contributed by atoms with Crippen molar-refractivity contribution in [3.05, 3.63) is 59.7 Å². The molecule has 0 bridgehead atoms. The number of alkyl carbamates (subject to hydrolysis) is 1. The molecule has 4 rings (SSSR count). The molecule has 5 heteroatoms. The molecule has 0 aliphatic heterocycles. The fraction of sp³-hybridized carbons (Fsp3) is 0.333. The molecular formula is C21H21NO4. The molecule has 0 saturated heterocycles. The first-order valence-electron chi connectivity index (χ1n) is 8.98. The highest BCUT2D eigenvalue weighted by molar-refractivity contribution is 5.79. The maximum Gasteiger partial charge on any atom is 0.407 e. The van der Waals surface area contributed by atoms with Crippen LogP contribution in [0.1, 0.15) is 36.3 Å². The van der Waals surface area contributed by atoms with Crippen LogP contribution in [0.5, 0.6) is 0 Å². The smallest absolute Gasteiger partial charge is 0.407 e. The second-order valence-corrected chi connectivity index (χ2v) is 7.02. The number of carboxylic acids is 1. The average molecular weight is 351 g/mol. The van der Waals surface area contributed by atoms with E-state index in [2.05, 4.69) is 29.6 Å². The first-order valence-corrected chi connectivity index (χ1v) is 8.98. The number of nitrogens with one attached hydrogen (secondary N) is 1. The molecule has 2 aliphatic carbocycles. The molecule has 1 fully saturated rings. The van der Waals surface area contributed by atoms with E-state index < -0.39 is 12.1 Å². The number of amides is 1. The molecule has 2 unspecified atom stereocenters. The first-order chi connectivity index (χ1) is 12.6. The van der Waals surface area contributed by atoms with Gasteiger partial charge in [0.05, 0.1) is 5.92 Å². The van der Waals surface area contributed by atoms with Crippen LogP contribution in [0, 0.1) is 5.92 Å². The Hall–Kier alpha value is -2.82. The number of aliphatic carboxylic acids is 1. The van der Waals surface area contributed by atoms with Crippen molar-refractivity contribution >= 4 is 12.1 Å².